The first-order chi connectivity index (χ1) is 8.42. The number of carbonyl (C=O) groups is 1. The van der Waals surface area contributed by atoms with E-state index in [0.29, 0.717) is 0 Å². The number of hydrogen-bond acceptors (Lipinski definition) is 2. The lowest BCUT2D eigenvalue weighted by atomic mass is 10.0. The van der Waals surface area contributed by atoms with Crippen LogP contribution in [0.1, 0.15) is 31.4 Å². The maximum Gasteiger partial charge on any atom is 0.246 e. The normalized spacial score (nSPS) is 19.8. The monoisotopic (exact) mass is 246 g/mol. The fourth-order valence-corrected chi connectivity index (χ4v) is 2.39. The molecule has 3 heteroatoms. The van der Waals surface area contributed by atoms with Crippen molar-refractivity contribution in [2.75, 3.05) is 18.0 Å². The van der Waals surface area contributed by atoms with E-state index in [0.717, 1.165) is 30.8 Å². The zero-order chi connectivity index (χ0) is 13.3. The number of anilines is 1. The van der Waals surface area contributed by atoms with E-state index in [4.69, 9.17) is 0 Å². The number of amides is 1. The summed E-state index contributed by atoms with van der Waals surface area (Å²) in [5, 5.41) is 3.31. The van der Waals surface area contributed by atoms with Gasteiger partial charge in [-0.15, -0.1) is 0 Å². The second-order valence-electron chi connectivity index (χ2n) is 5.65. The molecule has 1 heterocycles. The third kappa shape index (κ3) is 2.41. The van der Waals surface area contributed by atoms with Crippen molar-refractivity contribution in [3.05, 3.63) is 29.3 Å². The van der Waals surface area contributed by atoms with Crippen LogP contribution in [-0.2, 0) is 4.79 Å². The Labute approximate surface area is 109 Å². The molecule has 0 atom stereocenters. The van der Waals surface area contributed by atoms with E-state index in [1.54, 1.807) is 0 Å². The fourth-order valence-electron chi connectivity index (χ4n) is 2.39. The quantitative estimate of drug-likeness (QED) is 0.825. The van der Waals surface area contributed by atoms with Crippen LogP contribution < -0.4 is 10.2 Å². The van der Waals surface area contributed by atoms with Gasteiger partial charge in [-0.2, -0.15) is 0 Å². The van der Waals surface area contributed by atoms with Crippen LogP contribution in [0.5, 0.6) is 0 Å². The van der Waals surface area contributed by atoms with Crippen LogP contribution in [0.2, 0.25) is 0 Å². The summed E-state index contributed by atoms with van der Waals surface area (Å²) in [5.41, 5.74) is 2.93. The molecule has 1 aliphatic heterocycles. The molecule has 0 radical (unpaired) electrons. The van der Waals surface area contributed by atoms with Gasteiger partial charge in [-0.3, -0.25) is 4.79 Å². The summed E-state index contributed by atoms with van der Waals surface area (Å²) in [6.07, 6.45) is 0.989. The molecule has 1 saturated heterocycles. The first-order valence-electron chi connectivity index (χ1n) is 6.56. The van der Waals surface area contributed by atoms with Crippen molar-refractivity contribution >= 4 is 11.6 Å². The Morgan fingerprint density at radius 2 is 2.00 bits per heavy atom. The highest BCUT2D eigenvalue weighted by Gasteiger charge is 2.34. The first-order valence-corrected chi connectivity index (χ1v) is 6.56. The molecule has 0 aromatic heterocycles. The Kier molecular flexibility index (Phi) is 3.44. The number of nitrogens with one attached hydrogen (secondary N) is 1. The SMILES string of the molecule is Cc1ccc(C)c(N2CCCNC(C)(C)C2=O)c1. The topological polar surface area (TPSA) is 32.3 Å². The first kappa shape index (κ1) is 13.1. The summed E-state index contributed by atoms with van der Waals surface area (Å²) in [4.78, 5) is 14.5. The van der Waals surface area contributed by atoms with E-state index in [1.807, 2.05) is 18.7 Å². The molecule has 0 unspecified atom stereocenters. The molecule has 1 fully saturated rings. The van der Waals surface area contributed by atoms with Gasteiger partial charge < -0.3 is 10.2 Å². The van der Waals surface area contributed by atoms with Gasteiger partial charge in [-0.25, -0.2) is 0 Å². The van der Waals surface area contributed by atoms with Crippen LogP contribution in [0.4, 0.5) is 5.69 Å². The third-order valence-electron chi connectivity index (χ3n) is 3.56. The molecule has 0 spiro atoms. The van der Waals surface area contributed by atoms with Crippen molar-refractivity contribution in [2.24, 2.45) is 0 Å². The molecule has 3 nitrogen and oxygen atoms in total. The molecule has 0 saturated carbocycles. The van der Waals surface area contributed by atoms with Crippen LogP contribution in [0.15, 0.2) is 18.2 Å². The van der Waals surface area contributed by atoms with Crippen LogP contribution in [0.25, 0.3) is 0 Å². The highest BCUT2D eigenvalue weighted by molar-refractivity contribution is 6.00. The minimum Gasteiger partial charge on any atom is -0.311 e. The Hall–Kier alpha value is -1.35. The van der Waals surface area contributed by atoms with Gasteiger partial charge in [-0.05, 0) is 57.9 Å². The molecule has 0 bridgehead atoms. The summed E-state index contributed by atoms with van der Waals surface area (Å²) in [6, 6.07) is 6.28. The van der Waals surface area contributed by atoms with Crippen LogP contribution in [-0.4, -0.2) is 24.5 Å². The average molecular weight is 246 g/mol. The van der Waals surface area contributed by atoms with E-state index in [9.17, 15) is 4.79 Å². The highest BCUT2D eigenvalue weighted by Crippen LogP contribution is 2.25. The van der Waals surface area contributed by atoms with E-state index < -0.39 is 5.54 Å². The third-order valence-corrected chi connectivity index (χ3v) is 3.56. The molecular formula is C15H22N2O. The van der Waals surface area contributed by atoms with Gasteiger partial charge in [0.2, 0.25) is 5.91 Å². The number of aryl methyl sites for hydroxylation is 2. The van der Waals surface area contributed by atoms with Crippen LogP contribution >= 0.6 is 0 Å². The van der Waals surface area contributed by atoms with Crippen molar-refractivity contribution < 1.29 is 4.79 Å². The second-order valence-corrected chi connectivity index (χ2v) is 5.65. The summed E-state index contributed by atoms with van der Waals surface area (Å²) in [7, 11) is 0. The van der Waals surface area contributed by atoms with Crippen molar-refractivity contribution in [1.29, 1.82) is 0 Å². The van der Waals surface area contributed by atoms with Crippen LogP contribution in [0, 0.1) is 13.8 Å². The van der Waals surface area contributed by atoms with Crippen molar-refractivity contribution in [3.8, 4) is 0 Å². The minimum atomic E-state index is -0.479. The summed E-state index contributed by atoms with van der Waals surface area (Å²) < 4.78 is 0. The van der Waals surface area contributed by atoms with Gasteiger partial charge in [-0.1, -0.05) is 12.1 Å². The van der Waals surface area contributed by atoms with E-state index >= 15 is 0 Å². The molecule has 1 amide bonds. The van der Waals surface area contributed by atoms with Crippen molar-refractivity contribution in [1.82, 2.24) is 5.32 Å². The second kappa shape index (κ2) is 4.73. The largest absolute Gasteiger partial charge is 0.311 e. The van der Waals surface area contributed by atoms with Crippen LogP contribution in [0.3, 0.4) is 0 Å². The van der Waals surface area contributed by atoms with Gasteiger partial charge in [0.15, 0.2) is 0 Å². The molecule has 1 aromatic rings. The highest BCUT2D eigenvalue weighted by atomic mass is 16.2. The Morgan fingerprint density at radius 3 is 2.72 bits per heavy atom. The van der Waals surface area contributed by atoms with Gasteiger partial charge in [0.25, 0.3) is 0 Å². The van der Waals surface area contributed by atoms with E-state index in [1.165, 1.54) is 5.56 Å². The Morgan fingerprint density at radius 1 is 1.28 bits per heavy atom. The van der Waals surface area contributed by atoms with Gasteiger partial charge in [0.1, 0.15) is 0 Å². The summed E-state index contributed by atoms with van der Waals surface area (Å²) >= 11 is 0. The molecule has 1 N–H and O–H groups in total. The zero-order valence-corrected chi connectivity index (χ0v) is 11.7. The predicted molar refractivity (Wildman–Crippen MR) is 75.0 cm³/mol. The summed E-state index contributed by atoms with van der Waals surface area (Å²) in [6.45, 7) is 9.72. The molecule has 18 heavy (non-hydrogen) atoms. The molecule has 98 valence electrons. The van der Waals surface area contributed by atoms with Crippen molar-refractivity contribution in [2.45, 2.75) is 39.7 Å². The number of benzene rings is 1. The molecule has 1 aliphatic rings. The molecule has 1 aromatic carbocycles. The number of rotatable bonds is 1. The lowest BCUT2D eigenvalue weighted by molar-refractivity contribution is -0.123. The number of nitrogens with zero attached hydrogens (tertiary/aromatic N) is 1. The maximum absolute atomic E-state index is 12.6. The van der Waals surface area contributed by atoms with E-state index in [-0.39, 0.29) is 5.91 Å². The Balaban J connectivity index is 2.41. The standard InChI is InChI=1S/C15H22N2O/c1-11-6-7-12(2)13(10-11)17-9-5-8-16-15(3,4)14(17)18/h6-7,10,16H,5,8-9H2,1-4H3. The number of carbonyl (C=O) groups excluding carboxylic acids is 1. The Bertz CT molecular complexity index is 466. The predicted octanol–water partition coefficient (Wildman–Crippen LogP) is 2.41. The smallest absolute Gasteiger partial charge is 0.246 e. The lowest BCUT2D eigenvalue weighted by Crippen LogP contribution is -2.52. The zero-order valence-electron chi connectivity index (χ0n) is 11.7. The molecule has 2 rings (SSSR count). The average Bonchev–Trinajstić information content (AvgIpc) is 2.44. The lowest BCUT2D eigenvalue weighted by Gasteiger charge is -2.30. The number of hydrogen-bond donors (Lipinski definition) is 1. The van der Waals surface area contributed by atoms with Gasteiger partial charge >= 0.3 is 0 Å². The van der Waals surface area contributed by atoms with Crippen molar-refractivity contribution in [3.63, 3.8) is 0 Å². The summed E-state index contributed by atoms with van der Waals surface area (Å²) in [5.74, 6) is 0.161. The van der Waals surface area contributed by atoms with E-state index in [2.05, 4.69) is 37.4 Å². The fraction of sp³-hybridized carbons (Fsp3) is 0.533. The van der Waals surface area contributed by atoms with Gasteiger partial charge in [0.05, 0.1) is 5.54 Å². The maximum atomic E-state index is 12.6. The van der Waals surface area contributed by atoms with Gasteiger partial charge in [0, 0.05) is 12.2 Å². The molecule has 0 aliphatic carbocycles. The molecular weight excluding hydrogens is 224 g/mol. The minimum absolute atomic E-state index is 0.161.